The molecule has 26 heavy (non-hydrogen) atoms. The molecule has 0 radical (unpaired) electrons. The van der Waals surface area contributed by atoms with Crippen LogP contribution in [0.2, 0.25) is 0 Å². The lowest BCUT2D eigenvalue weighted by atomic mass is 9.98. The quantitative estimate of drug-likeness (QED) is 0.536. The van der Waals surface area contributed by atoms with Crippen LogP contribution in [-0.4, -0.2) is 26.5 Å². The molecule has 1 heterocycles. The maximum atomic E-state index is 12.9. The average molecular weight is 354 g/mol. The van der Waals surface area contributed by atoms with Crippen LogP contribution in [0.25, 0.3) is 22.1 Å². The largest absolute Gasteiger partial charge is 0.507 e. The van der Waals surface area contributed by atoms with Crippen molar-refractivity contribution in [2.24, 2.45) is 0 Å². The van der Waals surface area contributed by atoms with Crippen LogP contribution in [0.15, 0.2) is 57.8 Å². The number of hydrogen-bond acceptors (Lipinski definition) is 6. The van der Waals surface area contributed by atoms with E-state index >= 15 is 0 Å². The van der Waals surface area contributed by atoms with Gasteiger partial charge in [-0.15, -0.1) is 0 Å². The molecule has 0 saturated carbocycles. The number of aliphatic hydroxyl groups is 1. The molecule has 0 amide bonds. The molecule has 0 spiro atoms. The summed E-state index contributed by atoms with van der Waals surface area (Å²) in [6, 6.07) is 9.54. The minimum absolute atomic E-state index is 0.00463. The third-order valence-electron chi connectivity index (χ3n) is 4.25. The fraction of sp³-hybridized carbons (Fsp3) is 0.150. The second kappa shape index (κ2) is 6.57. The molecule has 3 aromatic rings. The van der Waals surface area contributed by atoms with E-state index in [2.05, 4.69) is 6.58 Å². The standard InChI is InChI=1S/C20H18O6/c1-10(2)13(21)8-12-14(22)9-15-17(18(12)23)19(24)16(20(25)26-15)11-6-4-3-5-7-11/h3-7,9,13,21-23,25H,1,8H2,2H3. The van der Waals surface area contributed by atoms with Crippen LogP contribution in [0, 0.1) is 0 Å². The van der Waals surface area contributed by atoms with Gasteiger partial charge in [-0.1, -0.05) is 42.5 Å². The Labute approximate surface area is 148 Å². The number of hydrogen-bond donors (Lipinski definition) is 4. The highest BCUT2D eigenvalue weighted by atomic mass is 16.5. The highest BCUT2D eigenvalue weighted by molar-refractivity contribution is 5.91. The van der Waals surface area contributed by atoms with E-state index in [-0.39, 0.29) is 34.3 Å². The Hall–Kier alpha value is -3.25. The fourth-order valence-corrected chi connectivity index (χ4v) is 2.78. The van der Waals surface area contributed by atoms with E-state index in [0.29, 0.717) is 11.1 Å². The van der Waals surface area contributed by atoms with Crippen molar-refractivity contribution in [1.82, 2.24) is 0 Å². The zero-order valence-electron chi connectivity index (χ0n) is 14.1. The maximum Gasteiger partial charge on any atom is 0.294 e. The van der Waals surface area contributed by atoms with E-state index in [4.69, 9.17) is 4.42 Å². The molecule has 0 aliphatic rings. The van der Waals surface area contributed by atoms with Crippen molar-refractivity contribution in [3.63, 3.8) is 0 Å². The van der Waals surface area contributed by atoms with E-state index < -0.39 is 23.2 Å². The molecule has 134 valence electrons. The Bertz CT molecular complexity index is 1050. The van der Waals surface area contributed by atoms with Crippen LogP contribution in [0.4, 0.5) is 0 Å². The highest BCUT2D eigenvalue weighted by Crippen LogP contribution is 2.38. The van der Waals surface area contributed by atoms with Crippen molar-refractivity contribution in [3.05, 3.63) is 64.3 Å². The van der Waals surface area contributed by atoms with Gasteiger partial charge in [0.2, 0.25) is 5.43 Å². The molecular formula is C20H18O6. The second-order valence-corrected chi connectivity index (χ2v) is 6.14. The SMILES string of the molecule is C=C(C)C(O)Cc1c(O)cc2oc(O)c(-c3ccccc3)c(=O)c2c1O. The summed E-state index contributed by atoms with van der Waals surface area (Å²) in [5, 5.41) is 40.6. The van der Waals surface area contributed by atoms with E-state index in [9.17, 15) is 25.2 Å². The predicted octanol–water partition coefficient (Wildman–Crippen LogP) is 3.06. The molecule has 0 saturated heterocycles. The van der Waals surface area contributed by atoms with Gasteiger partial charge < -0.3 is 24.8 Å². The highest BCUT2D eigenvalue weighted by Gasteiger charge is 2.23. The topological polar surface area (TPSA) is 111 Å². The monoisotopic (exact) mass is 354 g/mol. The van der Waals surface area contributed by atoms with Crippen LogP contribution in [0.5, 0.6) is 17.4 Å². The van der Waals surface area contributed by atoms with Crippen LogP contribution < -0.4 is 5.43 Å². The van der Waals surface area contributed by atoms with Gasteiger partial charge in [-0.2, -0.15) is 0 Å². The minimum Gasteiger partial charge on any atom is -0.507 e. The van der Waals surface area contributed by atoms with Crippen molar-refractivity contribution in [2.45, 2.75) is 19.4 Å². The van der Waals surface area contributed by atoms with Crippen LogP contribution >= 0.6 is 0 Å². The Morgan fingerprint density at radius 2 is 1.85 bits per heavy atom. The summed E-state index contributed by atoms with van der Waals surface area (Å²) in [5.74, 6) is -1.46. The molecule has 6 heteroatoms. The first-order valence-electron chi connectivity index (χ1n) is 7.93. The van der Waals surface area contributed by atoms with Crippen molar-refractivity contribution >= 4 is 11.0 Å². The lowest BCUT2D eigenvalue weighted by Gasteiger charge is -2.15. The molecule has 1 atom stereocenters. The predicted molar refractivity (Wildman–Crippen MR) is 97.4 cm³/mol. The Balaban J connectivity index is 2.30. The molecular weight excluding hydrogens is 336 g/mol. The van der Waals surface area contributed by atoms with Gasteiger partial charge in [-0.25, -0.2) is 0 Å². The van der Waals surface area contributed by atoms with Crippen molar-refractivity contribution < 1.29 is 24.8 Å². The molecule has 0 aliphatic heterocycles. The smallest absolute Gasteiger partial charge is 0.294 e. The zero-order valence-corrected chi connectivity index (χ0v) is 14.1. The number of benzene rings is 2. The lowest BCUT2D eigenvalue weighted by Crippen LogP contribution is -2.13. The zero-order chi connectivity index (χ0) is 19.0. The summed E-state index contributed by atoms with van der Waals surface area (Å²) < 4.78 is 5.25. The van der Waals surface area contributed by atoms with Gasteiger partial charge in [0.05, 0.1) is 6.10 Å². The van der Waals surface area contributed by atoms with Crippen LogP contribution in [0.3, 0.4) is 0 Å². The number of phenols is 2. The first-order valence-corrected chi connectivity index (χ1v) is 7.93. The Morgan fingerprint density at radius 3 is 2.46 bits per heavy atom. The normalized spacial score (nSPS) is 12.2. The number of aromatic hydroxyl groups is 3. The molecule has 3 rings (SSSR count). The summed E-state index contributed by atoms with van der Waals surface area (Å²) in [6.45, 7) is 5.24. The van der Waals surface area contributed by atoms with Gasteiger partial charge in [0.1, 0.15) is 28.0 Å². The first kappa shape index (κ1) is 17.6. The Kier molecular flexibility index (Phi) is 4.44. The first-order chi connectivity index (χ1) is 12.3. The maximum absolute atomic E-state index is 12.9. The van der Waals surface area contributed by atoms with Gasteiger partial charge >= 0.3 is 0 Å². The number of rotatable bonds is 4. The third-order valence-corrected chi connectivity index (χ3v) is 4.25. The molecule has 1 aromatic heterocycles. The van der Waals surface area contributed by atoms with Gasteiger partial charge in [0.15, 0.2) is 0 Å². The summed E-state index contributed by atoms with van der Waals surface area (Å²) in [5.41, 5.74) is -0.00647. The van der Waals surface area contributed by atoms with Crippen LogP contribution in [0.1, 0.15) is 12.5 Å². The molecule has 1 unspecified atom stereocenters. The van der Waals surface area contributed by atoms with Crippen molar-refractivity contribution in [3.8, 4) is 28.6 Å². The summed E-state index contributed by atoms with van der Waals surface area (Å²) in [7, 11) is 0. The molecule has 6 nitrogen and oxygen atoms in total. The summed E-state index contributed by atoms with van der Waals surface area (Å²) in [6.07, 6.45) is -1.12. The molecule has 0 aliphatic carbocycles. The third kappa shape index (κ3) is 2.91. The fourth-order valence-electron chi connectivity index (χ4n) is 2.78. The van der Waals surface area contributed by atoms with Crippen molar-refractivity contribution in [2.75, 3.05) is 0 Å². The summed E-state index contributed by atoms with van der Waals surface area (Å²) in [4.78, 5) is 12.9. The average Bonchev–Trinajstić information content (AvgIpc) is 2.58. The number of aliphatic hydroxyl groups excluding tert-OH is 1. The molecule has 0 bridgehead atoms. The van der Waals surface area contributed by atoms with E-state index in [1.165, 1.54) is 0 Å². The van der Waals surface area contributed by atoms with Crippen molar-refractivity contribution in [1.29, 1.82) is 0 Å². The Morgan fingerprint density at radius 1 is 1.19 bits per heavy atom. The molecule has 0 fully saturated rings. The summed E-state index contributed by atoms with van der Waals surface area (Å²) >= 11 is 0. The van der Waals surface area contributed by atoms with Gasteiger partial charge in [0.25, 0.3) is 5.95 Å². The van der Waals surface area contributed by atoms with E-state index in [1.807, 2.05) is 0 Å². The van der Waals surface area contributed by atoms with Gasteiger partial charge in [-0.05, 0) is 12.5 Å². The number of fused-ring (bicyclic) bond motifs is 1. The molecule has 2 aromatic carbocycles. The minimum atomic E-state index is -0.998. The van der Waals surface area contributed by atoms with E-state index in [1.54, 1.807) is 37.3 Å². The van der Waals surface area contributed by atoms with Gasteiger partial charge in [-0.3, -0.25) is 4.79 Å². The van der Waals surface area contributed by atoms with Crippen LogP contribution in [-0.2, 0) is 6.42 Å². The van der Waals surface area contributed by atoms with E-state index in [0.717, 1.165) is 6.07 Å². The lowest BCUT2D eigenvalue weighted by molar-refractivity contribution is 0.209. The molecule has 4 N–H and O–H groups in total. The van der Waals surface area contributed by atoms with Gasteiger partial charge in [0, 0.05) is 18.1 Å². The number of phenolic OH excluding ortho intramolecular Hbond substituents is 2. The second-order valence-electron chi connectivity index (χ2n) is 6.14.